The van der Waals surface area contributed by atoms with Crippen molar-refractivity contribution in [3.8, 4) is 0 Å². The van der Waals surface area contributed by atoms with Gasteiger partial charge >= 0.3 is 23.9 Å². The molecule has 2 aromatic carbocycles. The number of ether oxygens (including phenoxy) is 5. The normalized spacial score (nSPS) is 22.7. The molecule has 0 N–H and O–H groups in total. The lowest BCUT2D eigenvalue weighted by molar-refractivity contribution is -0.254. The van der Waals surface area contributed by atoms with E-state index in [0.717, 1.165) is 16.7 Å². The first-order valence-electron chi connectivity index (χ1n) is 12.1. The average molecular weight is 547 g/mol. The van der Waals surface area contributed by atoms with Crippen molar-refractivity contribution in [3.63, 3.8) is 0 Å². The maximum atomic E-state index is 12.1. The summed E-state index contributed by atoms with van der Waals surface area (Å²) >= 11 is 6.52. The van der Waals surface area contributed by atoms with Crippen LogP contribution in [-0.4, -0.2) is 54.9 Å². The number of carbonyl (C=O) groups is 4. The molecule has 10 heteroatoms. The fourth-order valence-corrected chi connectivity index (χ4v) is 4.51. The first kappa shape index (κ1) is 29.1. The van der Waals surface area contributed by atoms with Crippen molar-refractivity contribution in [2.24, 2.45) is 0 Å². The molecule has 38 heavy (non-hydrogen) atoms. The number of esters is 4. The molecule has 1 saturated heterocycles. The Kier molecular flexibility index (Phi) is 9.88. The Morgan fingerprint density at radius 2 is 1.37 bits per heavy atom. The van der Waals surface area contributed by atoms with Gasteiger partial charge in [-0.3, -0.25) is 19.2 Å². The van der Waals surface area contributed by atoms with Gasteiger partial charge in [0.1, 0.15) is 18.8 Å². The number of benzene rings is 2. The van der Waals surface area contributed by atoms with Gasteiger partial charge in [0, 0.05) is 32.7 Å². The number of hydrogen-bond acceptors (Lipinski definition) is 9. The maximum Gasteiger partial charge on any atom is 0.303 e. The van der Waals surface area contributed by atoms with Crippen molar-refractivity contribution in [3.05, 3.63) is 69.7 Å². The average Bonchev–Trinajstić information content (AvgIpc) is 2.82. The molecule has 0 radical (unpaired) electrons. The molecule has 0 aromatic heterocycles. The Morgan fingerprint density at radius 1 is 0.789 bits per heavy atom. The van der Waals surface area contributed by atoms with Gasteiger partial charge in [-0.1, -0.05) is 53.6 Å². The van der Waals surface area contributed by atoms with Gasteiger partial charge in [-0.05, 0) is 36.1 Å². The van der Waals surface area contributed by atoms with E-state index in [1.54, 1.807) is 12.1 Å². The molecular weight excluding hydrogens is 516 g/mol. The third-order valence-corrected chi connectivity index (χ3v) is 6.27. The fourth-order valence-electron chi connectivity index (χ4n) is 4.33. The zero-order valence-electron chi connectivity index (χ0n) is 21.9. The quantitative estimate of drug-likeness (QED) is 0.357. The van der Waals surface area contributed by atoms with E-state index < -0.39 is 54.4 Å². The van der Waals surface area contributed by atoms with E-state index in [2.05, 4.69) is 0 Å². The highest BCUT2D eigenvalue weighted by molar-refractivity contribution is 6.31. The van der Waals surface area contributed by atoms with E-state index in [4.69, 9.17) is 35.3 Å². The molecule has 2 aromatic rings. The molecule has 5 atom stereocenters. The van der Waals surface area contributed by atoms with Crippen LogP contribution in [0.2, 0.25) is 5.02 Å². The highest BCUT2D eigenvalue weighted by atomic mass is 35.5. The van der Waals surface area contributed by atoms with Crippen LogP contribution < -0.4 is 0 Å². The van der Waals surface area contributed by atoms with Gasteiger partial charge in [-0.15, -0.1) is 0 Å². The molecule has 0 amide bonds. The molecule has 3 rings (SSSR count). The molecule has 0 bridgehead atoms. The van der Waals surface area contributed by atoms with Gasteiger partial charge < -0.3 is 23.7 Å². The minimum atomic E-state index is -1.24. The summed E-state index contributed by atoms with van der Waals surface area (Å²) in [6, 6.07) is 13.3. The van der Waals surface area contributed by atoms with Crippen LogP contribution in [0.4, 0.5) is 0 Å². The van der Waals surface area contributed by atoms with Crippen molar-refractivity contribution in [1.82, 2.24) is 0 Å². The summed E-state index contributed by atoms with van der Waals surface area (Å²) < 4.78 is 28.0. The zero-order chi connectivity index (χ0) is 28.0. The van der Waals surface area contributed by atoms with Crippen LogP contribution in [0.25, 0.3) is 0 Å². The Morgan fingerprint density at radius 3 is 1.95 bits per heavy atom. The molecule has 0 spiro atoms. The van der Waals surface area contributed by atoms with Crippen LogP contribution in [0, 0.1) is 6.92 Å². The maximum absolute atomic E-state index is 12.1. The van der Waals surface area contributed by atoms with Gasteiger partial charge in [0.05, 0.1) is 0 Å². The molecular formula is C28H31ClO9. The van der Waals surface area contributed by atoms with Gasteiger partial charge in [0.15, 0.2) is 18.3 Å². The van der Waals surface area contributed by atoms with E-state index in [-0.39, 0.29) is 6.61 Å². The van der Waals surface area contributed by atoms with Gasteiger partial charge in [-0.2, -0.15) is 0 Å². The lowest BCUT2D eigenvalue weighted by Crippen LogP contribution is -2.59. The van der Waals surface area contributed by atoms with E-state index in [1.807, 2.05) is 37.3 Å². The zero-order valence-corrected chi connectivity index (χ0v) is 22.7. The monoisotopic (exact) mass is 546 g/mol. The predicted molar refractivity (Wildman–Crippen MR) is 136 cm³/mol. The number of hydrogen-bond donors (Lipinski definition) is 0. The molecule has 1 aliphatic heterocycles. The topological polar surface area (TPSA) is 114 Å². The number of aryl methyl sites for hydroxylation is 1. The van der Waals surface area contributed by atoms with Crippen molar-refractivity contribution in [2.45, 2.75) is 71.6 Å². The molecule has 204 valence electrons. The number of carbonyl (C=O) groups excluding carboxylic acids is 4. The van der Waals surface area contributed by atoms with Crippen LogP contribution in [0.1, 0.15) is 56.1 Å². The second-order valence-corrected chi connectivity index (χ2v) is 9.54. The molecule has 1 fully saturated rings. The molecule has 1 heterocycles. The van der Waals surface area contributed by atoms with E-state index in [1.165, 1.54) is 27.7 Å². The lowest BCUT2D eigenvalue weighted by atomic mass is 9.89. The largest absolute Gasteiger partial charge is 0.463 e. The fraction of sp³-hybridized carbons (Fsp3) is 0.429. The lowest BCUT2D eigenvalue weighted by Gasteiger charge is -2.44. The Bertz CT molecular complexity index is 1180. The Hall–Kier alpha value is -3.43. The van der Waals surface area contributed by atoms with E-state index in [0.29, 0.717) is 17.0 Å². The molecule has 0 unspecified atom stereocenters. The first-order chi connectivity index (χ1) is 17.9. The summed E-state index contributed by atoms with van der Waals surface area (Å²) in [5, 5.41) is 0.528. The second-order valence-electron chi connectivity index (χ2n) is 9.13. The van der Waals surface area contributed by atoms with Crippen molar-refractivity contribution >= 4 is 35.5 Å². The van der Waals surface area contributed by atoms with Crippen LogP contribution in [0.3, 0.4) is 0 Å². The summed E-state index contributed by atoms with van der Waals surface area (Å²) in [5.41, 5.74) is 3.54. The van der Waals surface area contributed by atoms with Crippen LogP contribution >= 0.6 is 11.6 Å². The van der Waals surface area contributed by atoms with Crippen LogP contribution in [0.15, 0.2) is 42.5 Å². The third kappa shape index (κ3) is 7.79. The number of rotatable bonds is 8. The second kappa shape index (κ2) is 12.9. The van der Waals surface area contributed by atoms with Gasteiger partial charge in [-0.25, -0.2) is 0 Å². The molecule has 9 nitrogen and oxygen atoms in total. The van der Waals surface area contributed by atoms with Crippen molar-refractivity contribution in [2.75, 3.05) is 6.61 Å². The number of halogens is 1. The molecule has 0 saturated carbocycles. The summed E-state index contributed by atoms with van der Waals surface area (Å²) in [7, 11) is 0. The van der Waals surface area contributed by atoms with Crippen LogP contribution in [0.5, 0.6) is 0 Å². The third-order valence-electron chi connectivity index (χ3n) is 5.90. The summed E-state index contributed by atoms with van der Waals surface area (Å²) in [4.78, 5) is 47.7. The smallest absolute Gasteiger partial charge is 0.303 e. The molecule has 0 aliphatic carbocycles. The summed E-state index contributed by atoms with van der Waals surface area (Å²) in [5.74, 6) is -2.61. The highest BCUT2D eigenvalue weighted by Crippen LogP contribution is 2.39. The van der Waals surface area contributed by atoms with Crippen LogP contribution in [-0.2, 0) is 49.3 Å². The van der Waals surface area contributed by atoms with Gasteiger partial charge in [0.25, 0.3) is 0 Å². The SMILES string of the molecule is CC(=O)OC[C@H]1O[C@@H](c2ccc(Cl)c(Cc3ccc(C)cc3)c2)[C@H](OC(C)=O)[C@@H](OC(C)=O)[C@@H]1OC(C)=O. The standard InChI is InChI=1S/C28H31ClO9/c1-15-6-8-20(9-7-15)12-22-13-21(10-11-23(22)29)25-27(36-18(4)32)28(37-19(5)33)26(35-17(3)31)24(38-25)14-34-16(2)30/h6-11,13,24-28H,12,14H2,1-5H3/t24-,25+,26-,27+,28+/m1/s1. The Labute approximate surface area is 226 Å². The Balaban J connectivity index is 2.06. The molecule has 1 aliphatic rings. The first-order valence-corrected chi connectivity index (χ1v) is 12.5. The van der Waals surface area contributed by atoms with Crippen molar-refractivity contribution < 1.29 is 42.9 Å². The predicted octanol–water partition coefficient (Wildman–Crippen LogP) is 4.04. The minimum absolute atomic E-state index is 0.294. The minimum Gasteiger partial charge on any atom is -0.463 e. The summed E-state index contributed by atoms with van der Waals surface area (Å²) in [6.07, 6.45) is -5.10. The highest BCUT2D eigenvalue weighted by Gasteiger charge is 2.52. The van der Waals surface area contributed by atoms with Gasteiger partial charge in [0.2, 0.25) is 0 Å². The summed E-state index contributed by atoms with van der Waals surface area (Å²) in [6.45, 7) is 6.50. The van der Waals surface area contributed by atoms with E-state index in [9.17, 15) is 19.2 Å². The van der Waals surface area contributed by atoms with E-state index >= 15 is 0 Å². The van der Waals surface area contributed by atoms with Crippen molar-refractivity contribution in [1.29, 1.82) is 0 Å².